The van der Waals surface area contributed by atoms with Gasteiger partial charge in [-0.15, -0.1) is 0 Å². The molecule has 0 spiro atoms. The molecule has 0 saturated carbocycles. The number of hydrogen-bond donors (Lipinski definition) is 1. The summed E-state index contributed by atoms with van der Waals surface area (Å²) in [5.74, 6) is 0.149. The average molecular weight is 269 g/mol. The van der Waals surface area contributed by atoms with Crippen molar-refractivity contribution < 1.29 is 8.91 Å². The van der Waals surface area contributed by atoms with Crippen LogP contribution >= 0.6 is 0 Å². The summed E-state index contributed by atoms with van der Waals surface area (Å²) >= 11 is 0. The number of rotatable bonds is 2. The Morgan fingerprint density at radius 1 is 1.15 bits per heavy atom. The van der Waals surface area contributed by atoms with Crippen molar-refractivity contribution in [1.82, 2.24) is 10.1 Å². The van der Waals surface area contributed by atoms with Crippen molar-refractivity contribution in [2.75, 3.05) is 5.73 Å². The Hall–Kier alpha value is -2.69. The van der Waals surface area contributed by atoms with Crippen LogP contribution < -0.4 is 5.73 Å². The number of nitrogens with zero attached hydrogens (tertiary/aromatic N) is 2. The van der Waals surface area contributed by atoms with E-state index in [9.17, 15) is 4.39 Å². The molecule has 0 radical (unpaired) electrons. The molecule has 2 aromatic carbocycles. The zero-order chi connectivity index (χ0) is 14.1. The van der Waals surface area contributed by atoms with Gasteiger partial charge >= 0.3 is 0 Å². The van der Waals surface area contributed by atoms with Gasteiger partial charge < -0.3 is 10.3 Å². The molecule has 3 aromatic rings. The molecule has 0 amide bonds. The second-order valence-corrected chi connectivity index (χ2v) is 4.47. The average Bonchev–Trinajstić information content (AvgIpc) is 2.92. The molecule has 1 aromatic heterocycles. The lowest BCUT2D eigenvalue weighted by molar-refractivity contribution is 0.432. The van der Waals surface area contributed by atoms with Crippen LogP contribution in [0.2, 0.25) is 0 Å². The van der Waals surface area contributed by atoms with Crippen molar-refractivity contribution in [2.24, 2.45) is 0 Å². The number of aromatic nitrogens is 2. The van der Waals surface area contributed by atoms with Gasteiger partial charge in [0.1, 0.15) is 5.82 Å². The van der Waals surface area contributed by atoms with Crippen LogP contribution in [-0.4, -0.2) is 10.1 Å². The van der Waals surface area contributed by atoms with Gasteiger partial charge in [0.25, 0.3) is 5.89 Å². The van der Waals surface area contributed by atoms with Crippen molar-refractivity contribution >= 4 is 5.69 Å². The van der Waals surface area contributed by atoms with Crippen molar-refractivity contribution in [3.8, 4) is 22.8 Å². The van der Waals surface area contributed by atoms with E-state index in [-0.39, 0.29) is 11.6 Å². The Bertz CT molecular complexity index is 767. The Kier molecular flexibility index (Phi) is 2.95. The van der Waals surface area contributed by atoms with E-state index in [1.807, 2.05) is 19.1 Å². The summed E-state index contributed by atoms with van der Waals surface area (Å²) in [4.78, 5) is 4.21. The van der Waals surface area contributed by atoms with Crippen molar-refractivity contribution in [2.45, 2.75) is 6.92 Å². The zero-order valence-corrected chi connectivity index (χ0v) is 10.8. The Balaban J connectivity index is 2.02. The molecule has 20 heavy (non-hydrogen) atoms. The molecule has 0 bridgehead atoms. The quantitative estimate of drug-likeness (QED) is 0.724. The summed E-state index contributed by atoms with van der Waals surface area (Å²) < 4.78 is 18.8. The summed E-state index contributed by atoms with van der Waals surface area (Å²) in [5.41, 5.74) is 8.49. The predicted octanol–water partition coefficient (Wildman–Crippen LogP) is 3.43. The second kappa shape index (κ2) is 4.77. The molecule has 2 N–H and O–H groups in total. The number of hydrogen-bond acceptors (Lipinski definition) is 4. The van der Waals surface area contributed by atoms with Crippen LogP contribution in [0.3, 0.4) is 0 Å². The highest BCUT2D eigenvalue weighted by Gasteiger charge is 2.13. The summed E-state index contributed by atoms with van der Waals surface area (Å²) in [6.45, 7) is 1.91. The topological polar surface area (TPSA) is 64.9 Å². The minimum absolute atomic E-state index is 0.220. The van der Waals surface area contributed by atoms with E-state index in [2.05, 4.69) is 10.1 Å². The Morgan fingerprint density at radius 3 is 2.70 bits per heavy atom. The first-order chi connectivity index (χ1) is 9.65. The summed E-state index contributed by atoms with van der Waals surface area (Å²) in [7, 11) is 0. The molecule has 1 heterocycles. The van der Waals surface area contributed by atoms with Gasteiger partial charge in [0.2, 0.25) is 5.82 Å². The fourth-order valence-electron chi connectivity index (χ4n) is 1.87. The van der Waals surface area contributed by atoms with E-state index in [4.69, 9.17) is 10.3 Å². The molecule has 4 nitrogen and oxygen atoms in total. The fraction of sp³-hybridized carbons (Fsp3) is 0.0667. The number of nitrogens with two attached hydrogens (primary N) is 1. The van der Waals surface area contributed by atoms with Crippen molar-refractivity contribution in [3.05, 3.63) is 53.8 Å². The molecule has 0 aliphatic heterocycles. The van der Waals surface area contributed by atoms with E-state index in [1.54, 1.807) is 24.3 Å². The lowest BCUT2D eigenvalue weighted by atomic mass is 10.1. The van der Waals surface area contributed by atoms with Gasteiger partial charge in [-0.3, -0.25) is 0 Å². The van der Waals surface area contributed by atoms with Crippen LogP contribution in [0, 0.1) is 12.7 Å². The van der Waals surface area contributed by atoms with Gasteiger partial charge in [0.05, 0.1) is 5.56 Å². The predicted molar refractivity (Wildman–Crippen MR) is 74.3 cm³/mol. The van der Waals surface area contributed by atoms with Crippen LogP contribution in [0.25, 0.3) is 22.8 Å². The van der Waals surface area contributed by atoms with Gasteiger partial charge in [0.15, 0.2) is 0 Å². The second-order valence-electron chi connectivity index (χ2n) is 4.47. The summed E-state index contributed by atoms with van der Waals surface area (Å²) in [5, 5.41) is 3.81. The van der Waals surface area contributed by atoms with Gasteiger partial charge in [-0.05, 0) is 36.8 Å². The standard InChI is InChI=1S/C15H12FN3O/c1-9-6-7-10(8-13(9)17)15-18-14(19-20-15)11-4-2-3-5-12(11)16/h2-8H,17H2,1H3. The maximum absolute atomic E-state index is 13.7. The molecular formula is C15H12FN3O. The highest BCUT2D eigenvalue weighted by molar-refractivity contribution is 5.64. The number of aryl methyl sites for hydroxylation is 1. The van der Waals surface area contributed by atoms with Crippen LogP contribution in [0.15, 0.2) is 47.0 Å². The Morgan fingerprint density at radius 2 is 1.95 bits per heavy atom. The molecule has 0 atom stereocenters. The molecule has 0 fully saturated rings. The zero-order valence-electron chi connectivity index (χ0n) is 10.8. The van der Waals surface area contributed by atoms with E-state index >= 15 is 0 Å². The third kappa shape index (κ3) is 2.14. The number of nitrogen functional groups attached to an aromatic ring is 1. The minimum atomic E-state index is -0.386. The summed E-state index contributed by atoms with van der Waals surface area (Å²) in [6, 6.07) is 11.8. The molecular weight excluding hydrogens is 257 g/mol. The minimum Gasteiger partial charge on any atom is -0.398 e. The van der Waals surface area contributed by atoms with Gasteiger partial charge in [-0.2, -0.15) is 4.98 Å². The first-order valence-corrected chi connectivity index (χ1v) is 6.10. The van der Waals surface area contributed by atoms with Crippen LogP contribution in [-0.2, 0) is 0 Å². The van der Waals surface area contributed by atoms with E-state index in [0.29, 0.717) is 22.7 Å². The number of benzene rings is 2. The van der Waals surface area contributed by atoms with Crippen LogP contribution in [0.1, 0.15) is 5.56 Å². The smallest absolute Gasteiger partial charge is 0.258 e. The third-order valence-corrected chi connectivity index (χ3v) is 3.07. The molecule has 3 rings (SSSR count). The molecule has 0 unspecified atom stereocenters. The van der Waals surface area contributed by atoms with E-state index < -0.39 is 0 Å². The number of halogens is 1. The lowest BCUT2D eigenvalue weighted by Gasteiger charge is -2.00. The normalized spacial score (nSPS) is 10.7. The molecule has 0 aliphatic carbocycles. The highest BCUT2D eigenvalue weighted by atomic mass is 19.1. The fourth-order valence-corrected chi connectivity index (χ4v) is 1.87. The van der Waals surface area contributed by atoms with E-state index in [0.717, 1.165) is 5.56 Å². The van der Waals surface area contributed by atoms with Gasteiger partial charge in [0, 0.05) is 11.3 Å². The molecule has 100 valence electrons. The maximum atomic E-state index is 13.7. The monoisotopic (exact) mass is 269 g/mol. The molecule has 0 saturated heterocycles. The molecule has 0 aliphatic rings. The van der Waals surface area contributed by atoms with Crippen LogP contribution in [0.4, 0.5) is 10.1 Å². The largest absolute Gasteiger partial charge is 0.398 e. The first-order valence-electron chi connectivity index (χ1n) is 6.10. The molecule has 5 heteroatoms. The lowest BCUT2D eigenvalue weighted by Crippen LogP contribution is -1.90. The van der Waals surface area contributed by atoms with E-state index in [1.165, 1.54) is 6.07 Å². The number of anilines is 1. The SMILES string of the molecule is Cc1ccc(-c2nc(-c3ccccc3F)no2)cc1N. The first kappa shape index (κ1) is 12.3. The maximum Gasteiger partial charge on any atom is 0.258 e. The highest BCUT2D eigenvalue weighted by Crippen LogP contribution is 2.26. The Labute approximate surface area is 115 Å². The van der Waals surface area contributed by atoms with Gasteiger partial charge in [-0.1, -0.05) is 23.4 Å². The van der Waals surface area contributed by atoms with Gasteiger partial charge in [-0.25, -0.2) is 4.39 Å². The van der Waals surface area contributed by atoms with Crippen molar-refractivity contribution in [3.63, 3.8) is 0 Å². The summed E-state index contributed by atoms with van der Waals surface area (Å²) in [6.07, 6.45) is 0. The third-order valence-electron chi connectivity index (χ3n) is 3.07. The van der Waals surface area contributed by atoms with Crippen molar-refractivity contribution in [1.29, 1.82) is 0 Å². The van der Waals surface area contributed by atoms with Crippen LogP contribution in [0.5, 0.6) is 0 Å².